The van der Waals surface area contributed by atoms with Crippen LogP contribution >= 0.6 is 11.8 Å². The molecule has 1 unspecified atom stereocenters. The number of rotatable bonds is 5. The van der Waals surface area contributed by atoms with E-state index < -0.39 is 0 Å². The summed E-state index contributed by atoms with van der Waals surface area (Å²) < 4.78 is 4.84. The maximum atomic E-state index is 8.41. The fraction of sp³-hybridized carbons (Fsp3) is 0.400. The lowest BCUT2D eigenvalue weighted by Crippen LogP contribution is -1.94. The highest BCUT2D eigenvalue weighted by Gasteiger charge is 2.03. The second kappa shape index (κ2) is 6.02. The lowest BCUT2D eigenvalue weighted by Gasteiger charge is -2.10. The molecule has 0 aromatic heterocycles. The van der Waals surface area contributed by atoms with E-state index in [0.29, 0.717) is 11.2 Å². The topological polar surface area (TPSA) is 29.5 Å². The van der Waals surface area contributed by atoms with Crippen molar-refractivity contribution in [2.24, 2.45) is 0 Å². The molecule has 0 heterocycles. The van der Waals surface area contributed by atoms with Gasteiger partial charge in [0.2, 0.25) is 0 Å². The second-order valence-electron chi connectivity index (χ2n) is 2.67. The first-order valence-electron chi connectivity index (χ1n) is 4.19. The summed E-state index contributed by atoms with van der Waals surface area (Å²) in [7, 11) is 0. The van der Waals surface area contributed by atoms with Gasteiger partial charge in [-0.2, -0.15) is 0 Å². The Morgan fingerprint density at radius 1 is 1.38 bits per heavy atom. The molecule has 0 spiro atoms. The summed E-state index contributed by atoms with van der Waals surface area (Å²) in [5, 5.41) is 8.82. The zero-order valence-electron chi connectivity index (χ0n) is 7.64. The molecule has 0 bridgehead atoms. The van der Waals surface area contributed by atoms with Crippen molar-refractivity contribution in [2.75, 3.05) is 12.7 Å². The van der Waals surface area contributed by atoms with E-state index in [1.165, 1.54) is 5.56 Å². The van der Waals surface area contributed by atoms with Crippen molar-refractivity contribution in [3.05, 3.63) is 35.9 Å². The van der Waals surface area contributed by atoms with E-state index >= 15 is 0 Å². The van der Waals surface area contributed by atoms with Crippen molar-refractivity contribution in [3.8, 4) is 0 Å². The van der Waals surface area contributed by atoms with E-state index in [2.05, 4.69) is 19.1 Å². The molecular weight excluding hydrogens is 184 g/mol. The largest absolute Gasteiger partial charge is 0.371 e. The van der Waals surface area contributed by atoms with Crippen LogP contribution in [-0.2, 0) is 4.74 Å². The lowest BCUT2D eigenvalue weighted by atomic mass is 10.2. The number of hydrogen-bond acceptors (Lipinski definition) is 3. The molecule has 2 nitrogen and oxygen atoms in total. The Morgan fingerprint density at radius 3 is 2.69 bits per heavy atom. The molecule has 1 aromatic rings. The summed E-state index contributed by atoms with van der Waals surface area (Å²) in [5.74, 6) is 0.534. The minimum atomic E-state index is -0.200. The predicted octanol–water partition coefficient (Wildman–Crippen LogP) is 2.40. The molecule has 0 aliphatic carbocycles. The molecule has 13 heavy (non-hydrogen) atoms. The summed E-state index contributed by atoms with van der Waals surface area (Å²) in [6.07, 6.45) is 0. The van der Waals surface area contributed by atoms with Crippen LogP contribution in [0.2, 0.25) is 0 Å². The van der Waals surface area contributed by atoms with Crippen molar-refractivity contribution in [3.63, 3.8) is 0 Å². The molecule has 1 aromatic carbocycles. The third kappa shape index (κ3) is 3.81. The van der Waals surface area contributed by atoms with Crippen LogP contribution in [-0.4, -0.2) is 17.8 Å². The fourth-order valence-electron chi connectivity index (χ4n) is 1.01. The molecule has 0 saturated carbocycles. The maximum Gasteiger partial charge on any atom is 0.144 e. The minimum Gasteiger partial charge on any atom is -0.371 e. The van der Waals surface area contributed by atoms with Gasteiger partial charge in [0.05, 0.1) is 5.94 Å². The van der Waals surface area contributed by atoms with Gasteiger partial charge in [0.15, 0.2) is 0 Å². The Hall–Kier alpha value is -0.510. The van der Waals surface area contributed by atoms with Crippen LogP contribution in [0.25, 0.3) is 0 Å². The second-order valence-corrected chi connectivity index (χ2v) is 3.95. The summed E-state index contributed by atoms with van der Waals surface area (Å²) in [6, 6.07) is 10.2. The van der Waals surface area contributed by atoms with E-state index in [0.717, 1.165) is 0 Å². The minimum absolute atomic E-state index is 0.200. The lowest BCUT2D eigenvalue weighted by molar-refractivity contribution is 0.0239. The van der Waals surface area contributed by atoms with Gasteiger partial charge in [-0.3, -0.25) is 0 Å². The van der Waals surface area contributed by atoms with E-state index in [1.54, 1.807) is 11.8 Å². The first-order valence-corrected chi connectivity index (χ1v) is 5.24. The third-order valence-corrected chi connectivity index (χ3v) is 2.84. The van der Waals surface area contributed by atoms with E-state index in [4.69, 9.17) is 9.84 Å². The highest BCUT2D eigenvalue weighted by Crippen LogP contribution is 2.27. The van der Waals surface area contributed by atoms with Crippen LogP contribution < -0.4 is 0 Å². The number of ether oxygens (including phenoxy) is 1. The molecular formula is C10H14O2S. The molecule has 0 fully saturated rings. The van der Waals surface area contributed by atoms with Crippen LogP contribution in [0.5, 0.6) is 0 Å². The van der Waals surface area contributed by atoms with Crippen LogP contribution in [0.4, 0.5) is 0 Å². The van der Waals surface area contributed by atoms with E-state index in [1.807, 2.05) is 18.2 Å². The Bertz CT molecular complexity index is 226. The smallest absolute Gasteiger partial charge is 0.144 e. The van der Waals surface area contributed by atoms with E-state index in [9.17, 15) is 0 Å². The standard InChI is InChI=1S/C10H14O2S/c1-9(13-8-12-7-11)10-5-3-2-4-6-10/h2-6,9,11H,7-8H2,1H3. The van der Waals surface area contributed by atoms with Gasteiger partial charge in [-0.05, 0) is 12.5 Å². The monoisotopic (exact) mass is 198 g/mol. The summed E-state index contributed by atoms with van der Waals surface area (Å²) in [5.41, 5.74) is 1.29. The number of aliphatic hydroxyl groups excluding tert-OH is 1. The number of aliphatic hydroxyl groups is 1. The van der Waals surface area contributed by atoms with Gasteiger partial charge >= 0.3 is 0 Å². The Morgan fingerprint density at radius 2 is 2.08 bits per heavy atom. The zero-order chi connectivity index (χ0) is 9.52. The van der Waals surface area contributed by atoms with Gasteiger partial charge < -0.3 is 9.84 Å². The molecule has 0 aliphatic rings. The average molecular weight is 198 g/mol. The molecule has 0 amide bonds. The molecule has 72 valence electrons. The van der Waals surface area contributed by atoms with E-state index in [-0.39, 0.29) is 6.79 Å². The zero-order valence-corrected chi connectivity index (χ0v) is 8.46. The maximum absolute atomic E-state index is 8.41. The molecule has 1 atom stereocenters. The Kier molecular flexibility index (Phi) is 4.90. The number of hydrogen-bond donors (Lipinski definition) is 1. The molecule has 1 rings (SSSR count). The van der Waals surface area contributed by atoms with Crippen LogP contribution in [0.1, 0.15) is 17.7 Å². The Balaban J connectivity index is 2.35. The fourth-order valence-corrected chi connectivity index (χ4v) is 1.73. The Labute approximate surface area is 82.9 Å². The van der Waals surface area contributed by atoms with Crippen molar-refractivity contribution in [1.82, 2.24) is 0 Å². The first-order chi connectivity index (χ1) is 6.34. The van der Waals surface area contributed by atoms with Crippen LogP contribution in [0, 0.1) is 0 Å². The van der Waals surface area contributed by atoms with Gasteiger partial charge in [-0.15, -0.1) is 11.8 Å². The molecule has 0 saturated heterocycles. The van der Waals surface area contributed by atoms with Crippen molar-refractivity contribution < 1.29 is 9.84 Å². The summed E-state index contributed by atoms with van der Waals surface area (Å²) in [6.45, 7) is 1.93. The first kappa shape index (κ1) is 10.6. The quantitative estimate of drug-likeness (QED) is 0.582. The van der Waals surface area contributed by atoms with Crippen molar-refractivity contribution >= 4 is 11.8 Å². The molecule has 3 heteroatoms. The predicted molar refractivity (Wildman–Crippen MR) is 55.5 cm³/mol. The van der Waals surface area contributed by atoms with Gasteiger partial charge in [-0.25, -0.2) is 0 Å². The number of thioether (sulfide) groups is 1. The van der Waals surface area contributed by atoms with Crippen molar-refractivity contribution in [1.29, 1.82) is 0 Å². The SMILES string of the molecule is CC(SCOCO)c1ccccc1. The summed E-state index contributed by atoms with van der Waals surface area (Å²) in [4.78, 5) is 0. The van der Waals surface area contributed by atoms with Crippen LogP contribution in [0.15, 0.2) is 30.3 Å². The van der Waals surface area contributed by atoms with Gasteiger partial charge in [0.1, 0.15) is 6.79 Å². The highest BCUT2D eigenvalue weighted by molar-refractivity contribution is 7.99. The molecule has 0 radical (unpaired) electrons. The number of benzene rings is 1. The normalized spacial score (nSPS) is 12.8. The van der Waals surface area contributed by atoms with Gasteiger partial charge in [0.25, 0.3) is 0 Å². The molecule has 1 N–H and O–H groups in total. The highest BCUT2D eigenvalue weighted by atomic mass is 32.2. The average Bonchev–Trinajstić information content (AvgIpc) is 2.19. The third-order valence-electron chi connectivity index (χ3n) is 1.76. The summed E-state index contributed by atoms with van der Waals surface area (Å²) >= 11 is 1.67. The van der Waals surface area contributed by atoms with Crippen LogP contribution in [0.3, 0.4) is 0 Å². The van der Waals surface area contributed by atoms with Crippen molar-refractivity contribution in [2.45, 2.75) is 12.2 Å². The molecule has 0 aliphatic heterocycles. The van der Waals surface area contributed by atoms with Gasteiger partial charge in [0, 0.05) is 5.25 Å². The van der Waals surface area contributed by atoms with Gasteiger partial charge in [-0.1, -0.05) is 30.3 Å².